The molecule has 3 rings (SSSR count). The van der Waals surface area contributed by atoms with Crippen molar-refractivity contribution in [2.75, 3.05) is 11.1 Å². The maximum absolute atomic E-state index is 12.2. The van der Waals surface area contributed by atoms with E-state index in [1.165, 1.54) is 0 Å². The minimum absolute atomic E-state index is 0.205. The van der Waals surface area contributed by atoms with Crippen molar-refractivity contribution in [2.24, 2.45) is 0 Å². The van der Waals surface area contributed by atoms with Crippen molar-refractivity contribution in [2.45, 2.75) is 6.92 Å². The molecule has 0 saturated carbocycles. The summed E-state index contributed by atoms with van der Waals surface area (Å²) in [6.45, 7) is 1.81. The molecule has 1 aromatic heterocycles. The van der Waals surface area contributed by atoms with Crippen LogP contribution in [0.4, 0.5) is 11.5 Å². The van der Waals surface area contributed by atoms with Crippen molar-refractivity contribution in [3.63, 3.8) is 0 Å². The predicted molar refractivity (Wildman–Crippen MR) is 91.0 cm³/mol. The zero-order chi connectivity index (χ0) is 16.2. The van der Waals surface area contributed by atoms with Crippen LogP contribution in [0, 0.1) is 6.92 Å². The van der Waals surface area contributed by atoms with Crippen molar-refractivity contribution in [1.82, 2.24) is 9.97 Å². The second-order valence-corrected chi connectivity index (χ2v) is 5.13. The van der Waals surface area contributed by atoms with Crippen LogP contribution in [0.15, 0.2) is 60.8 Å². The van der Waals surface area contributed by atoms with Gasteiger partial charge in [0.1, 0.15) is 0 Å². The lowest BCUT2D eigenvalue weighted by molar-refractivity contribution is 0.102. The lowest BCUT2D eigenvalue weighted by atomic mass is 10.1. The highest BCUT2D eigenvalue weighted by atomic mass is 16.1. The van der Waals surface area contributed by atoms with Gasteiger partial charge in [0.2, 0.25) is 0 Å². The third-order valence-electron chi connectivity index (χ3n) is 3.42. The molecule has 114 valence electrons. The number of anilines is 2. The summed E-state index contributed by atoms with van der Waals surface area (Å²) in [5.41, 5.74) is 9.28. The van der Waals surface area contributed by atoms with Gasteiger partial charge in [0.15, 0.2) is 5.82 Å². The summed E-state index contributed by atoms with van der Waals surface area (Å²) in [6.07, 6.45) is 1.64. The molecule has 23 heavy (non-hydrogen) atoms. The molecule has 2 aromatic carbocycles. The molecule has 3 aromatic rings. The van der Waals surface area contributed by atoms with E-state index in [1.807, 2.05) is 49.4 Å². The molecule has 0 aliphatic heterocycles. The van der Waals surface area contributed by atoms with E-state index < -0.39 is 0 Å². The smallest absolute Gasteiger partial charge is 0.256 e. The Morgan fingerprint density at radius 1 is 1.04 bits per heavy atom. The fourth-order valence-electron chi connectivity index (χ4n) is 2.17. The number of hydrogen-bond donors (Lipinski definition) is 2. The molecular weight excluding hydrogens is 288 g/mol. The highest BCUT2D eigenvalue weighted by Gasteiger charge is 2.10. The summed E-state index contributed by atoms with van der Waals surface area (Å²) < 4.78 is 0. The maximum Gasteiger partial charge on any atom is 0.256 e. The van der Waals surface area contributed by atoms with E-state index in [9.17, 15) is 4.79 Å². The number of amides is 1. The molecule has 5 heteroatoms. The largest absolute Gasteiger partial charge is 0.399 e. The van der Waals surface area contributed by atoms with E-state index in [-0.39, 0.29) is 5.91 Å². The highest BCUT2D eigenvalue weighted by Crippen LogP contribution is 2.20. The Morgan fingerprint density at radius 3 is 2.39 bits per heavy atom. The Kier molecular flexibility index (Phi) is 4.01. The number of carbonyl (C=O) groups excluding carboxylic acids is 1. The summed E-state index contributed by atoms with van der Waals surface area (Å²) in [7, 11) is 0. The predicted octanol–water partition coefficient (Wildman–Crippen LogP) is 3.29. The van der Waals surface area contributed by atoms with Gasteiger partial charge < -0.3 is 11.1 Å². The standard InChI is InChI=1S/C18H16N4O/c1-12-17(22-18(23)14-5-3-2-4-6-14)20-11-16(21-12)13-7-9-15(19)10-8-13/h2-11H,19H2,1H3,(H,20,22,23). The van der Waals surface area contributed by atoms with Crippen LogP contribution in [-0.2, 0) is 0 Å². The molecule has 0 aliphatic carbocycles. The topological polar surface area (TPSA) is 80.9 Å². The molecule has 0 radical (unpaired) electrons. The normalized spacial score (nSPS) is 10.3. The molecule has 3 N–H and O–H groups in total. The summed E-state index contributed by atoms with van der Waals surface area (Å²) in [4.78, 5) is 21.0. The van der Waals surface area contributed by atoms with Crippen LogP contribution in [0.5, 0.6) is 0 Å². The van der Waals surface area contributed by atoms with E-state index in [4.69, 9.17) is 5.73 Å². The number of nitrogen functional groups attached to an aromatic ring is 1. The lowest BCUT2D eigenvalue weighted by Crippen LogP contribution is -2.14. The fourth-order valence-corrected chi connectivity index (χ4v) is 2.17. The first-order valence-electron chi connectivity index (χ1n) is 7.19. The third-order valence-corrected chi connectivity index (χ3v) is 3.42. The van der Waals surface area contributed by atoms with Crippen LogP contribution in [0.25, 0.3) is 11.3 Å². The van der Waals surface area contributed by atoms with Gasteiger partial charge in [0.05, 0.1) is 17.6 Å². The van der Waals surface area contributed by atoms with Crippen LogP contribution in [0.2, 0.25) is 0 Å². The fraction of sp³-hybridized carbons (Fsp3) is 0.0556. The Hall–Kier alpha value is -3.21. The number of aryl methyl sites for hydroxylation is 1. The Balaban J connectivity index is 1.82. The monoisotopic (exact) mass is 304 g/mol. The molecule has 5 nitrogen and oxygen atoms in total. The number of aromatic nitrogens is 2. The Bertz CT molecular complexity index is 829. The molecule has 0 atom stereocenters. The Morgan fingerprint density at radius 2 is 1.74 bits per heavy atom. The van der Waals surface area contributed by atoms with Gasteiger partial charge in [-0.1, -0.05) is 30.3 Å². The van der Waals surface area contributed by atoms with E-state index in [1.54, 1.807) is 18.3 Å². The second kappa shape index (κ2) is 6.27. The summed E-state index contributed by atoms with van der Waals surface area (Å²) in [6, 6.07) is 16.4. The first-order valence-corrected chi connectivity index (χ1v) is 7.19. The molecular formula is C18H16N4O. The van der Waals surface area contributed by atoms with Crippen molar-refractivity contribution >= 4 is 17.4 Å². The van der Waals surface area contributed by atoms with Crippen LogP contribution >= 0.6 is 0 Å². The number of nitrogens with two attached hydrogens (primary N) is 1. The molecule has 0 bridgehead atoms. The van der Waals surface area contributed by atoms with Gasteiger partial charge in [-0.15, -0.1) is 0 Å². The van der Waals surface area contributed by atoms with Crippen molar-refractivity contribution < 1.29 is 4.79 Å². The number of nitrogens with one attached hydrogen (secondary N) is 1. The summed E-state index contributed by atoms with van der Waals surface area (Å²) >= 11 is 0. The van der Waals surface area contributed by atoms with E-state index in [0.717, 1.165) is 11.3 Å². The number of hydrogen-bond acceptors (Lipinski definition) is 4. The van der Waals surface area contributed by atoms with Crippen LogP contribution in [0.3, 0.4) is 0 Å². The van der Waals surface area contributed by atoms with Gasteiger partial charge >= 0.3 is 0 Å². The summed E-state index contributed by atoms with van der Waals surface area (Å²) in [5.74, 6) is 0.251. The van der Waals surface area contributed by atoms with Crippen molar-refractivity contribution in [1.29, 1.82) is 0 Å². The first kappa shape index (κ1) is 14.7. The van der Waals surface area contributed by atoms with E-state index in [2.05, 4.69) is 15.3 Å². The van der Waals surface area contributed by atoms with Gasteiger partial charge in [-0.25, -0.2) is 9.97 Å². The molecule has 0 spiro atoms. The molecule has 1 amide bonds. The van der Waals surface area contributed by atoms with E-state index >= 15 is 0 Å². The quantitative estimate of drug-likeness (QED) is 0.728. The summed E-state index contributed by atoms with van der Waals surface area (Å²) in [5, 5.41) is 2.78. The first-order chi connectivity index (χ1) is 11.1. The molecule has 0 saturated heterocycles. The van der Waals surface area contributed by atoms with Crippen molar-refractivity contribution in [3.8, 4) is 11.3 Å². The maximum atomic E-state index is 12.2. The molecule has 0 aliphatic rings. The SMILES string of the molecule is Cc1nc(-c2ccc(N)cc2)cnc1NC(=O)c1ccccc1. The lowest BCUT2D eigenvalue weighted by Gasteiger charge is -2.09. The van der Waals surface area contributed by atoms with Crippen LogP contribution in [-0.4, -0.2) is 15.9 Å². The zero-order valence-corrected chi connectivity index (χ0v) is 12.7. The van der Waals surface area contributed by atoms with Gasteiger partial charge in [-0.3, -0.25) is 4.79 Å². The molecule has 1 heterocycles. The van der Waals surface area contributed by atoms with Crippen LogP contribution < -0.4 is 11.1 Å². The number of nitrogens with zero attached hydrogens (tertiary/aromatic N) is 2. The van der Waals surface area contributed by atoms with E-state index in [0.29, 0.717) is 22.8 Å². The zero-order valence-electron chi connectivity index (χ0n) is 12.7. The third kappa shape index (κ3) is 3.35. The second-order valence-electron chi connectivity index (χ2n) is 5.13. The van der Waals surface area contributed by atoms with Gasteiger partial charge in [0.25, 0.3) is 5.91 Å². The number of carbonyl (C=O) groups is 1. The minimum atomic E-state index is -0.205. The van der Waals surface area contributed by atoms with Gasteiger partial charge in [-0.05, 0) is 31.2 Å². The molecule has 0 fully saturated rings. The van der Waals surface area contributed by atoms with Gasteiger partial charge in [-0.2, -0.15) is 0 Å². The van der Waals surface area contributed by atoms with Gasteiger partial charge in [0, 0.05) is 16.8 Å². The average molecular weight is 304 g/mol. The number of rotatable bonds is 3. The minimum Gasteiger partial charge on any atom is -0.399 e. The number of benzene rings is 2. The van der Waals surface area contributed by atoms with Crippen LogP contribution in [0.1, 0.15) is 16.1 Å². The average Bonchev–Trinajstić information content (AvgIpc) is 2.58. The highest BCUT2D eigenvalue weighted by molar-refractivity contribution is 6.03. The Labute approximate surface area is 134 Å². The van der Waals surface area contributed by atoms with Crippen molar-refractivity contribution in [3.05, 3.63) is 72.1 Å². The molecule has 0 unspecified atom stereocenters.